The van der Waals surface area contributed by atoms with Gasteiger partial charge in [0.05, 0.1) is 11.8 Å². The van der Waals surface area contributed by atoms with Crippen molar-refractivity contribution in [1.82, 2.24) is 10.2 Å². The Labute approximate surface area is 108 Å². The van der Waals surface area contributed by atoms with E-state index in [1.807, 2.05) is 0 Å². The quantitative estimate of drug-likeness (QED) is 0.891. The van der Waals surface area contributed by atoms with Gasteiger partial charge in [-0.1, -0.05) is 6.92 Å². The molecule has 2 unspecified atom stereocenters. The molecule has 1 aliphatic rings. The molecule has 1 N–H and O–H groups in total. The largest absolute Gasteiger partial charge is 0.472 e. The Kier molecular flexibility index (Phi) is 4.42. The standard InChI is InChI=1S/C14H22N2O2/c1-3-11(2)16-7-4-5-13(9-16)15-14(17)12-6-8-18-10-12/h6,8,10-11,13H,3-5,7,9H2,1-2H3,(H,15,17). The number of carbonyl (C=O) groups is 1. The minimum Gasteiger partial charge on any atom is -0.472 e. The summed E-state index contributed by atoms with van der Waals surface area (Å²) in [6.07, 6.45) is 6.39. The van der Waals surface area contributed by atoms with Gasteiger partial charge in [0.25, 0.3) is 5.91 Å². The van der Waals surface area contributed by atoms with E-state index in [2.05, 4.69) is 24.1 Å². The van der Waals surface area contributed by atoms with E-state index in [9.17, 15) is 4.79 Å². The molecular weight excluding hydrogens is 228 g/mol. The first-order valence-corrected chi connectivity index (χ1v) is 6.77. The number of furan rings is 1. The first-order valence-electron chi connectivity index (χ1n) is 6.77. The van der Waals surface area contributed by atoms with Crippen LogP contribution in [0.25, 0.3) is 0 Å². The molecule has 2 heterocycles. The lowest BCUT2D eigenvalue weighted by molar-refractivity contribution is 0.0878. The molecule has 0 radical (unpaired) electrons. The van der Waals surface area contributed by atoms with Crippen molar-refractivity contribution in [3.63, 3.8) is 0 Å². The van der Waals surface area contributed by atoms with Crippen molar-refractivity contribution in [2.24, 2.45) is 0 Å². The average molecular weight is 250 g/mol. The van der Waals surface area contributed by atoms with Gasteiger partial charge in [0, 0.05) is 18.6 Å². The molecule has 2 atom stereocenters. The smallest absolute Gasteiger partial charge is 0.254 e. The van der Waals surface area contributed by atoms with Crippen molar-refractivity contribution < 1.29 is 9.21 Å². The molecule has 1 amide bonds. The van der Waals surface area contributed by atoms with Gasteiger partial charge in [-0.15, -0.1) is 0 Å². The summed E-state index contributed by atoms with van der Waals surface area (Å²) in [5.74, 6) is -0.0280. The highest BCUT2D eigenvalue weighted by Gasteiger charge is 2.24. The Bertz CT molecular complexity index is 375. The second-order valence-electron chi connectivity index (χ2n) is 5.08. The summed E-state index contributed by atoms with van der Waals surface area (Å²) >= 11 is 0. The number of amides is 1. The normalized spacial score (nSPS) is 22.7. The fourth-order valence-corrected chi connectivity index (χ4v) is 2.45. The van der Waals surface area contributed by atoms with E-state index in [0.717, 1.165) is 32.4 Å². The fraction of sp³-hybridized carbons (Fsp3) is 0.643. The van der Waals surface area contributed by atoms with Gasteiger partial charge in [-0.2, -0.15) is 0 Å². The molecule has 18 heavy (non-hydrogen) atoms. The lowest BCUT2D eigenvalue weighted by Crippen LogP contribution is -2.50. The third-order valence-electron chi connectivity index (χ3n) is 3.79. The van der Waals surface area contributed by atoms with Gasteiger partial charge in [-0.25, -0.2) is 0 Å². The molecule has 4 heteroatoms. The molecule has 4 nitrogen and oxygen atoms in total. The van der Waals surface area contributed by atoms with Crippen LogP contribution in [0.3, 0.4) is 0 Å². The molecular formula is C14H22N2O2. The second kappa shape index (κ2) is 6.05. The van der Waals surface area contributed by atoms with Crippen LogP contribution in [0.4, 0.5) is 0 Å². The van der Waals surface area contributed by atoms with Crippen LogP contribution >= 0.6 is 0 Å². The monoisotopic (exact) mass is 250 g/mol. The van der Waals surface area contributed by atoms with E-state index in [4.69, 9.17) is 4.42 Å². The van der Waals surface area contributed by atoms with Crippen molar-refractivity contribution in [2.45, 2.75) is 45.2 Å². The van der Waals surface area contributed by atoms with E-state index in [0.29, 0.717) is 11.6 Å². The maximum atomic E-state index is 11.9. The van der Waals surface area contributed by atoms with Crippen LogP contribution in [0, 0.1) is 0 Å². The average Bonchev–Trinajstić information content (AvgIpc) is 2.92. The minimum absolute atomic E-state index is 0.0280. The number of nitrogens with zero attached hydrogens (tertiary/aromatic N) is 1. The second-order valence-corrected chi connectivity index (χ2v) is 5.08. The number of hydrogen-bond acceptors (Lipinski definition) is 3. The predicted octanol–water partition coefficient (Wildman–Crippen LogP) is 2.27. The summed E-state index contributed by atoms with van der Waals surface area (Å²) in [5, 5.41) is 3.09. The van der Waals surface area contributed by atoms with E-state index in [1.165, 1.54) is 12.5 Å². The number of likely N-dealkylation sites (tertiary alicyclic amines) is 1. The zero-order chi connectivity index (χ0) is 13.0. The van der Waals surface area contributed by atoms with Crippen molar-refractivity contribution in [3.8, 4) is 0 Å². The lowest BCUT2D eigenvalue weighted by Gasteiger charge is -2.36. The van der Waals surface area contributed by atoms with Crippen LogP contribution in [0.15, 0.2) is 23.0 Å². The van der Waals surface area contributed by atoms with Gasteiger partial charge < -0.3 is 9.73 Å². The Hall–Kier alpha value is -1.29. The number of rotatable bonds is 4. The van der Waals surface area contributed by atoms with Crippen molar-refractivity contribution >= 4 is 5.91 Å². The molecule has 1 saturated heterocycles. The minimum atomic E-state index is -0.0280. The molecule has 0 saturated carbocycles. The zero-order valence-electron chi connectivity index (χ0n) is 11.2. The number of carbonyl (C=O) groups excluding carboxylic acids is 1. The van der Waals surface area contributed by atoms with Gasteiger partial charge in [-0.3, -0.25) is 9.69 Å². The third-order valence-corrected chi connectivity index (χ3v) is 3.79. The highest BCUT2D eigenvalue weighted by Crippen LogP contribution is 2.15. The summed E-state index contributed by atoms with van der Waals surface area (Å²) in [5.41, 5.74) is 0.607. The lowest BCUT2D eigenvalue weighted by atomic mass is 10.0. The van der Waals surface area contributed by atoms with Gasteiger partial charge >= 0.3 is 0 Å². The summed E-state index contributed by atoms with van der Waals surface area (Å²) in [4.78, 5) is 14.4. The fourth-order valence-electron chi connectivity index (χ4n) is 2.45. The van der Waals surface area contributed by atoms with Crippen LogP contribution in [-0.4, -0.2) is 36.0 Å². The molecule has 1 aromatic heterocycles. The molecule has 2 rings (SSSR count). The molecule has 1 aliphatic heterocycles. The third kappa shape index (κ3) is 3.13. The predicted molar refractivity (Wildman–Crippen MR) is 70.5 cm³/mol. The van der Waals surface area contributed by atoms with Crippen LogP contribution in [0.1, 0.15) is 43.5 Å². The van der Waals surface area contributed by atoms with Gasteiger partial charge in [-0.05, 0) is 38.8 Å². The Morgan fingerprint density at radius 2 is 2.50 bits per heavy atom. The first-order chi connectivity index (χ1) is 8.70. The van der Waals surface area contributed by atoms with Crippen molar-refractivity contribution in [2.75, 3.05) is 13.1 Å². The maximum absolute atomic E-state index is 11.9. The van der Waals surface area contributed by atoms with Crippen LogP contribution in [-0.2, 0) is 0 Å². The van der Waals surface area contributed by atoms with Crippen LogP contribution in [0.2, 0.25) is 0 Å². The Morgan fingerprint density at radius 3 is 3.17 bits per heavy atom. The molecule has 100 valence electrons. The first kappa shape index (κ1) is 13.1. The number of piperidine rings is 1. The Morgan fingerprint density at radius 1 is 1.67 bits per heavy atom. The van der Waals surface area contributed by atoms with E-state index >= 15 is 0 Å². The summed E-state index contributed by atoms with van der Waals surface area (Å²) in [7, 11) is 0. The molecule has 1 fully saturated rings. The molecule has 1 aromatic rings. The van der Waals surface area contributed by atoms with E-state index in [1.54, 1.807) is 6.07 Å². The van der Waals surface area contributed by atoms with E-state index in [-0.39, 0.29) is 11.9 Å². The summed E-state index contributed by atoms with van der Waals surface area (Å²) in [6, 6.07) is 2.55. The van der Waals surface area contributed by atoms with Gasteiger partial charge in [0.1, 0.15) is 6.26 Å². The zero-order valence-corrected chi connectivity index (χ0v) is 11.2. The van der Waals surface area contributed by atoms with Gasteiger partial charge in [0.15, 0.2) is 0 Å². The Balaban J connectivity index is 1.88. The van der Waals surface area contributed by atoms with Crippen LogP contribution < -0.4 is 5.32 Å². The molecule has 0 aromatic carbocycles. The highest BCUT2D eigenvalue weighted by molar-refractivity contribution is 5.93. The maximum Gasteiger partial charge on any atom is 0.254 e. The summed E-state index contributed by atoms with van der Waals surface area (Å²) < 4.78 is 4.93. The van der Waals surface area contributed by atoms with Crippen LogP contribution in [0.5, 0.6) is 0 Å². The SMILES string of the molecule is CCC(C)N1CCCC(NC(=O)c2ccoc2)C1. The topological polar surface area (TPSA) is 45.5 Å². The van der Waals surface area contributed by atoms with Crippen molar-refractivity contribution in [3.05, 3.63) is 24.2 Å². The molecule has 0 spiro atoms. The van der Waals surface area contributed by atoms with Crippen molar-refractivity contribution in [1.29, 1.82) is 0 Å². The van der Waals surface area contributed by atoms with Gasteiger partial charge in [0.2, 0.25) is 0 Å². The van der Waals surface area contributed by atoms with E-state index < -0.39 is 0 Å². The molecule has 0 aliphatic carbocycles. The molecule has 0 bridgehead atoms. The number of nitrogens with one attached hydrogen (secondary N) is 1. The summed E-state index contributed by atoms with van der Waals surface area (Å²) in [6.45, 7) is 6.56. The number of hydrogen-bond donors (Lipinski definition) is 1. The highest BCUT2D eigenvalue weighted by atomic mass is 16.3.